The number of benzene rings is 2. The van der Waals surface area contributed by atoms with Crippen molar-refractivity contribution in [3.63, 3.8) is 0 Å². The zero-order valence-corrected chi connectivity index (χ0v) is 13.4. The third-order valence-corrected chi connectivity index (χ3v) is 4.05. The lowest BCUT2D eigenvalue weighted by atomic mass is 9.82. The van der Waals surface area contributed by atoms with Gasteiger partial charge in [-0.05, 0) is 6.42 Å². The number of carbonyl (C=O) groups excluding carboxylic acids is 2. The molecule has 0 bridgehead atoms. The molecule has 0 atom stereocenters. The molecule has 2 aromatic rings. The second-order valence-corrected chi connectivity index (χ2v) is 5.50. The number of fused-ring (bicyclic) bond motifs is 2. The molecule has 2 N–H and O–H groups in total. The SMILES string of the molecule is CCCN(OC)c1cc(O)c2c(c1O)C(=O)c1ccccc1C2=O. The molecule has 0 radical (unpaired) electrons. The van der Waals surface area contributed by atoms with Crippen LogP contribution in [0.2, 0.25) is 0 Å². The summed E-state index contributed by atoms with van der Waals surface area (Å²) >= 11 is 0. The predicted octanol–water partition coefficient (Wildman–Crippen LogP) is 2.65. The zero-order chi connectivity index (χ0) is 17.4. The molecule has 0 spiro atoms. The summed E-state index contributed by atoms with van der Waals surface area (Å²) in [6.45, 7) is 2.37. The monoisotopic (exact) mass is 327 g/mol. The second-order valence-electron chi connectivity index (χ2n) is 5.50. The van der Waals surface area contributed by atoms with Gasteiger partial charge in [0.25, 0.3) is 0 Å². The zero-order valence-electron chi connectivity index (χ0n) is 13.4. The Morgan fingerprint density at radius 2 is 1.62 bits per heavy atom. The Hall–Kier alpha value is -2.86. The van der Waals surface area contributed by atoms with Crippen molar-refractivity contribution < 1.29 is 24.6 Å². The Balaban J connectivity index is 2.26. The molecule has 6 heteroatoms. The van der Waals surface area contributed by atoms with Crippen LogP contribution in [0.4, 0.5) is 5.69 Å². The predicted molar refractivity (Wildman–Crippen MR) is 87.7 cm³/mol. The summed E-state index contributed by atoms with van der Waals surface area (Å²) in [7, 11) is 1.42. The summed E-state index contributed by atoms with van der Waals surface area (Å²) in [5.41, 5.74) is 0.214. The van der Waals surface area contributed by atoms with E-state index >= 15 is 0 Å². The van der Waals surface area contributed by atoms with Gasteiger partial charge >= 0.3 is 0 Å². The van der Waals surface area contributed by atoms with Gasteiger partial charge in [-0.25, -0.2) is 0 Å². The largest absolute Gasteiger partial charge is 0.507 e. The van der Waals surface area contributed by atoms with Crippen LogP contribution < -0.4 is 5.06 Å². The van der Waals surface area contributed by atoms with Gasteiger partial charge in [0.1, 0.15) is 11.4 Å². The van der Waals surface area contributed by atoms with E-state index in [0.717, 1.165) is 6.42 Å². The van der Waals surface area contributed by atoms with E-state index in [2.05, 4.69) is 0 Å². The van der Waals surface area contributed by atoms with Gasteiger partial charge in [0.2, 0.25) is 0 Å². The Morgan fingerprint density at radius 3 is 2.17 bits per heavy atom. The van der Waals surface area contributed by atoms with E-state index in [1.165, 1.54) is 30.4 Å². The Kier molecular flexibility index (Phi) is 3.99. The standard InChI is InChI=1S/C18H17NO5/c1-3-8-19(24-2)12-9-13(20)14-15(18(12)23)17(22)11-7-5-4-6-10(11)16(14)21/h4-7,9,20,23H,3,8H2,1-2H3. The lowest BCUT2D eigenvalue weighted by Gasteiger charge is -2.26. The van der Waals surface area contributed by atoms with Crippen LogP contribution in [0, 0.1) is 0 Å². The number of phenols is 2. The van der Waals surface area contributed by atoms with Crippen LogP contribution in [-0.4, -0.2) is 35.4 Å². The molecule has 1 aliphatic carbocycles. The van der Waals surface area contributed by atoms with Crippen LogP contribution in [0.5, 0.6) is 11.5 Å². The van der Waals surface area contributed by atoms with E-state index < -0.39 is 11.6 Å². The lowest BCUT2D eigenvalue weighted by molar-refractivity contribution is 0.0973. The van der Waals surface area contributed by atoms with Gasteiger partial charge in [-0.3, -0.25) is 19.5 Å². The van der Waals surface area contributed by atoms with Gasteiger partial charge < -0.3 is 10.2 Å². The number of anilines is 1. The fourth-order valence-corrected chi connectivity index (χ4v) is 2.95. The van der Waals surface area contributed by atoms with Crippen molar-refractivity contribution in [1.29, 1.82) is 0 Å². The molecule has 0 amide bonds. The van der Waals surface area contributed by atoms with Crippen LogP contribution in [0.3, 0.4) is 0 Å². The Morgan fingerprint density at radius 1 is 1.04 bits per heavy atom. The summed E-state index contributed by atoms with van der Waals surface area (Å²) in [5, 5.41) is 22.3. The van der Waals surface area contributed by atoms with Gasteiger partial charge in [-0.15, -0.1) is 0 Å². The summed E-state index contributed by atoms with van der Waals surface area (Å²) in [6, 6.07) is 7.60. The molecule has 0 fully saturated rings. The first-order chi connectivity index (χ1) is 11.5. The number of rotatable bonds is 4. The number of nitrogens with zero attached hydrogens (tertiary/aromatic N) is 1. The van der Waals surface area contributed by atoms with Gasteiger partial charge in [-0.2, -0.15) is 0 Å². The first kappa shape index (κ1) is 16.0. The van der Waals surface area contributed by atoms with Crippen LogP contribution >= 0.6 is 0 Å². The molecule has 0 unspecified atom stereocenters. The maximum atomic E-state index is 12.8. The summed E-state index contributed by atoms with van der Waals surface area (Å²) in [5.74, 6) is -1.71. The van der Waals surface area contributed by atoms with Crippen LogP contribution in [0.25, 0.3) is 0 Å². The minimum atomic E-state index is -0.498. The number of hydrogen-bond donors (Lipinski definition) is 2. The van der Waals surface area contributed by atoms with Crippen LogP contribution in [0.15, 0.2) is 30.3 Å². The molecule has 0 heterocycles. The second kappa shape index (κ2) is 5.98. The minimum absolute atomic E-state index is 0.149. The number of hydroxylamine groups is 1. The quantitative estimate of drug-likeness (QED) is 0.566. The minimum Gasteiger partial charge on any atom is -0.507 e. The molecule has 0 saturated heterocycles. The maximum absolute atomic E-state index is 12.8. The molecular formula is C18H17NO5. The highest BCUT2D eigenvalue weighted by molar-refractivity contribution is 6.30. The van der Waals surface area contributed by atoms with Crippen molar-refractivity contribution in [3.8, 4) is 11.5 Å². The van der Waals surface area contributed by atoms with Gasteiger partial charge in [-0.1, -0.05) is 31.2 Å². The molecule has 0 aromatic heterocycles. The fourth-order valence-electron chi connectivity index (χ4n) is 2.95. The van der Waals surface area contributed by atoms with Crippen LogP contribution in [0.1, 0.15) is 45.2 Å². The number of ketones is 2. The number of phenolic OH excluding ortho intramolecular Hbond substituents is 2. The number of aromatic hydroxyl groups is 2. The topological polar surface area (TPSA) is 87.1 Å². The van der Waals surface area contributed by atoms with Gasteiger partial charge in [0.05, 0.1) is 18.2 Å². The third kappa shape index (κ3) is 2.23. The van der Waals surface area contributed by atoms with Crippen molar-refractivity contribution in [1.82, 2.24) is 0 Å². The third-order valence-electron chi connectivity index (χ3n) is 4.05. The molecule has 124 valence electrons. The normalized spacial score (nSPS) is 12.8. The number of hydrogen-bond acceptors (Lipinski definition) is 6. The van der Waals surface area contributed by atoms with Crippen molar-refractivity contribution >= 4 is 17.3 Å². The van der Waals surface area contributed by atoms with Crippen molar-refractivity contribution in [2.75, 3.05) is 18.7 Å². The fraction of sp³-hybridized carbons (Fsp3) is 0.222. The van der Waals surface area contributed by atoms with E-state index in [1.54, 1.807) is 12.1 Å². The lowest BCUT2D eigenvalue weighted by Crippen LogP contribution is -2.25. The summed E-state index contributed by atoms with van der Waals surface area (Å²) in [6.07, 6.45) is 0.723. The van der Waals surface area contributed by atoms with E-state index in [-0.39, 0.29) is 39.4 Å². The number of carbonyl (C=O) groups is 2. The van der Waals surface area contributed by atoms with Gasteiger partial charge in [0.15, 0.2) is 17.3 Å². The average molecular weight is 327 g/mol. The molecule has 2 aromatic carbocycles. The average Bonchev–Trinajstić information content (AvgIpc) is 2.59. The van der Waals surface area contributed by atoms with E-state index in [0.29, 0.717) is 6.54 Å². The highest BCUT2D eigenvalue weighted by Crippen LogP contribution is 2.43. The van der Waals surface area contributed by atoms with Crippen molar-refractivity contribution in [2.45, 2.75) is 13.3 Å². The Bertz CT molecular complexity index is 844. The maximum Gasteiger partial charge on any atom is 0.198 e. The van der Waals surface area contributed by atoms with Gasteiger partial charge in [0, 0.05) is 23.7 Å². The molecule has 6 nitrogen and oxygen atoms in total. The summed E-state index contributed by atoms with van der Waals surface area (Å²) < 4.78 is 0. The summed E-state index contributed by atoms with van der Waals surface area (Å²) in [4.78, 5) is 30.6. The first-order valence-electron chi connectivity index (χ1n) is 7.60. The molecule has 0 aliphatic heterocycles. The van der Waals surface area contributed by atoms with E-state index in [4.69, 9.17) is 4.84 Å². The molecule has 3 rings (SSSR count). The van der Waals surface area contributed by atoms with E-state index in [1.807, 2.05) is 6.92 Å². The van der Waals surface area contributed by atoms with E-state index in [9.17, 15) is 19.8 Å². The highest BCUT2D eigenvalue weighted by Gasteiger charge is 2.36. The molecule has 1 aliphatic rings. The smallest absolute Gasteiger partial charge is 0.198 e. The van der Waals surface area contributed by atoms with Crippen LogP contribution in [-0.2, 0) is 4.84 Å². The van der Waals surface area contributed by atoms with Crippen molar-refractivity contribution in [3.05, 3.63) is 52.6 Å². The highest BCUT2D eigenvalue weighted by atomic mass is 16.7. The van der Waals surface area contributed by atoms with Crippen molar-refractivity contribution in [2.24, 2.45) is 0 Å². The first-order valence-corrected chi connectivity index (χ1v) is 7.60. The Labute approximate surface area is 138 Å². The molecular weight excluding hydrogens is 310 g/mol. The molecule has 24 heavy (non-hydrogen) atoms. The molecule has 0 saturated carbocycles.